The van der Waals surface area contributed by atoms with Gasteiger partial charge in [-0.2, -0.15) is 0 Å². The number of rotatable bonds is 6. The minimum absolute atomic E-state index is 0.00449. The number of aliphatic hydroxyl groups excluding tert-OH is 1. The van der Waals surface area contributed by atoms with Crippen LogP contribution in [0, 0.1) is 11.8 Å². The Hall–Kier alpha value is -0.610. The van der Waals surface area contributed by atoms with Crippen molar-refractivity contribution in [3.05, 3.63) is 0 Å². The molecule has 1 saturated carbocycles. The van der Waals surface area contributed by atoms with Gasteiger partial charge >= 0.3 is 0 Å². The van der Waals surface area contributed by atoms with Crippen molar-refractivity contribution < 1.29 is 9.90 Å². The molecule has 1 aliphatic carbocycles. The fourth-order valence-electron chi connectivity index (χ4n) is 1.41. The van der Waals surface area contributed by atoms with Crippen LogP contribution in [0.15, 0.2) is 0 Å². The van der Waals surface area contributed by atoms with Crippen molar-refractivity contribution in [2.24, 2.45) is 17.6 Å². The molecule has 0 aromatic carbocycles. The van der Waals surface area contributed by atoms with Crippen LogP contribution in [-0.2, 0) is 4.79 Å². The Morgan fingerprint density at radius 1 is 1.64 bits per heavy atom. The standard InChI is InChI=1S/C10H20N2O2/c1-7(4-5-11)10(14)12-6-9(13)8-2-3-8/h7-9,13H,2-6,11H2,1H3,(H,12,14). The fourth-order valence-corrected chi connectivity index (χ4v) is 1.41. The monoisotopic (exact) mass is 200 g/mol. The molecule has 0 bridgehead atoms. The molecule has 4 heteroatoms. The summed E-state index contributed by atoms with van der Waals surface area (Å²) in [5.74, 6) is 0.363. The fraction of sp³-hybridized carbons (Fsp3) is 0.900. The normalized spacial score (nSPS) is 20.2. The topological polar surface area (TPSA) is 75.4 Å². The number of nitrogens with one attached hydrogen (secondary N) is 1. The third-order valence-corrected chi connectivity index (χ3v) is 2.70. The summed E-state index contributed by atoms with van der Waals surface area (Å²) in [5.41, 5.74) is 5.35. The van der Waals surface area contributed by atoms with Gasteiger partial charge in [0.05, 0.1) is 6.10 Å². The van der Waals surface area contributed by atoms with Crippen LogP contribution in [0.2, 0.25) is 0 Å². The molecule has 0 spiro atoms. The Kier molecular flexibility index (Phi) is 4.35. The minimum atomic E-state index is -0.357. The van der Waals surface area contributed by atoms with Gasteiger partial charge in [-0.1, -0.05) is 6.92 Å². The maximum atomic E-state index is 11.4. The molecule has 1 rings (SSSR count). The number of hydrogen-bond donors (Lipinski definition) is 3. The number of nitrogens with two attached hydrogens (primary N) is 1. The van der Waals surface area contributed by atoms with Crippen molar-refractivity contribution in [1.29, 1.82) is 0 Å². The van der Waals surface area contributed by atoms with Crippen LogP contribution >= 0.6 is 0 Å². The van der Waals surface area contributed by atoms with Crippen LogP contribution in [0.25, 0.3) is 0 Å². The third-order valence-electron chi connectivity index (χ3n) is 2.70. The van der Waals surface area contributed by atoms with Gasteiger partial charge in [-0.15, -0.1) is 0 Å². The zero-order chi connectivity index (χ0) is 10.6. The molecular weight excluding hydrogens is 180 g/mol. The Labute approximate surface area is 84.9 Å². The molecule has 0 aromatic rings. The Morgan fingerprint density at radius 2 is 2.29 bits per heavy atom. The van der Waals surface area contributed by atoms with E-state index in [4.69, 9.17) is 5.73 Å². The van der Waals surface area contributed by atoms with Crippen LogP contribution < -0.4 is 11.1 Å². The van der Waals surface area contributed by atoms with Crippen LogP contribution in [0.3, 0.4) is 0 Å². The molecule has 1 amide bonds. The summed E-state index contributed by atoms with van der Waals surface area (Å²) in [5, 5.41) is 12.3. The summed E-state index contributed by atoms with van der Waals surface area (Å²) in [6.07, 6.45) is 2.53. The highest BCUT2D eigenvalue weighted by atomic mass is 16.3. The van der Waals surface area contributed by atoms with Crippen molar-refractivity contribution in [3.63, 3.8) is 0 Å². The van der Waals surface area contributed by atoms with Crippen molar-refractivity contribution in [1.82, 2.24) is 5.32 Å². The number of amides is 1. The lowest BCUT2D eigenvalue weighted by atomic mass is 10.1. The van der Waals surface area contributed by atoms with Crippen LogP contribution in [0.5, 0.6) is 0 Å². The van der Waals surface area contributed by atoms with Gasteiger partial charge in [-0.05, 0) is 31.7 Å². The first-order chi connectivity index (χ1) is 6.65. The van der Waals surface area contributed by atoms with Gasteiger partial charge in [-0.3, -0.25) is 4.79 Å². The van der Waals surface area contributed by atoms with E-state index in [0.29, 0.717) is 25.4 Å². The van der Waals surface area contributed by atoms with E-state index in [1.54, 1.807) is 0 Å². The van der Waals surface area contributed by atoms with E-state index in [9.17, 15) is 9.90 Å². The molecule has 0 heterocycles. The first-order valence-corrected chi connectivity index (χ1v) is 5.31. The van der Waals surface area contributed by atoms with Gasteiger partial charge < -0.3 is 16.2 Å². The lowest BCUT2D eigenvalue weighted by molar-refractivity contribution is -0.125. The molecule has 4 nitrogen and oxygen atoms in total. The van der Waals surface area contributed by atoms with Gasteiger partial charge in [0.2, 0.25) is 5.91 Å². The van der Waals surface area contributed by atoms with Crippen LogP contribution in [0.4, 0.5) is 0 Å². The number of aliphatic hydroxyl groups is 1. The predicted octanol–water partition coefficient (Wildman–Crippen LogP) is -0.142. The Morgan fingerprint density at radius 3 is 2.79 bits per heavy atom. The average molecular weight is 200 g/mol. The summed E-state index contributed by atoms with van der Waals surface area (Å²) in [6, 6.07) is 0. The molecule has 2 unspecified atom stereocenters. The second-order valence-electron chi connectivity index (χ2n) is 4.13. The molecule has 14 heavy (non-hydrogen) atoms. The van der Waals surface area contributed by atoms with E-state index in [1.165, 1.54) is 0 Å². The first kappa shape index (κ1) is 11.5. The molecule has 0 aliphatic heterocycles. The van der Waals surface area contributed by atoms with E-state index >= 15 is 0 Å². The largest absolute Gasteiger partial charge is 0.391 e. The van der Waals surface area contributed by atoms with Crippen molar-refractivity contribution >= 4 is 5.91 Å². The minimum Gasteiger partial charge on any atom is -0.391 e. The maximum absolute atomic E-state index is 11.4. The highest BCUT2D eigenvalue weighted by molar-refractivity contribution is 5.78. The van der Waals surface area contributed by atoms with Gasteiger partial charge in [-0.25, -0.2) is 0 Å². The molecular formula is C10H20N2O2. The molecule has 4 N–H and O–H groups in total. The highest BCUT2D eigenvalue weighted by Gasteiger charge is 2.29. The summed E-state index contributed by atoms with van der Waals surface area (Å²) in [6.45, 7) is 2.77. The van der Waals surface area contributed by atoms with Crippen molar-refractivity contribution in [3.8, 4) is 0 Å². The second kappa shape index (κ2) is 5.32. The lowest BCUT2D eigenvalue weighted by Gasteiger charge is -2.14. The maximum Gasteiger partial charge on any atom is 0.222 e. The average Bonchev–Trinajstić information content (AvgIpc) is 2.97. The molecule has 1 fully saturated rings. The zero-order valence-corrected chi connectivity index (χ0v) is 8.70. The van der Waals surface area contributed by atoms with E-state index in [-0.39, 0.29) is 17.9 Å². The van der Waals surface area contributed by atoms with E-state index in [2.05, 4.69) is 5.32 Å². The molecule has 0 saturated heterocycles. The quantitative estimate of drug-likeness (QED) is 0.558. The Bertz CT molecular complexity index is 193. The van der Waals surface area contributed by atoms with Gasteiger partial charge in [0.25, 0.3) is 0 Å². The van der Waals surface area contributed by atoms with Gasteiger partial charge in [0.15, 0.2) is 0 Å². The number of hydrogen-bond acceptors (Lipinski definition) is 3. The highest BCUT2D eigenvalue weighted by Crippen LogP contribution is 2.32. The lowest BCUT2D eigenvalue weighted by Crippen LogP contribution is -2.36. The van der Waals surface area contributed by atoms with Crippen molar-refractivity contribution in [2.75, 3.05) is 13.1 Å². The van der Waals surface area contributed by atoms with Gasteiger partial charge in [0, 0.05) is 12.5 Å². The smallest absolute Gasteiger partial charge is 0.222 e. The summed E-state index contributed by atoms with van der Waals surface area (Å²) in [7, 11) is 0. The van der Waals surface area contributed by atoms with Crippen molar-refractivity contribution in [2.45, 2.75) is 32.3 Å². The van der Waals surface area contributed by atoms with E-state index in [1.807, 2.05) is 6.92 Å². The molecule has 2 atom stereocenters. The summed E-state index contributed by atoms with van der Waals surface area (Å²) in [4.78, 5) is 11.4. The number of carbonyl (C=O) groups is 1. The third kappa shape index (κ3) is 3.64. The first-order valence-electron chi connectivity index (χ1n) is 5.31. The Balaban J connectivity index is 2.12. The molecule has 0 radical (unpaired) electrons. The summed E-state index contributed by atoms with van der Waals surface area (Å²) < 4.78 is 0. The van der Waals surface area contributed by atoms with Crippen LogP contribution in [0.1, 0.15) is 26.2 Å². The van der Waals surface area contributed by atoms with E-state index in [0.717, 1.165) is 12.8 Å². The zero-order valence-electron chi connectivity index (χ0n) is 8.70. The van der Waals surface area contributed by atoms with Crippen LogP contribution in [-0.4, -0.2) is 30.2 Å². The second-order valence-corrected chi connectivity index (χ2v) is 4.13. The molecule has 82 valence electrons. The molecule has 1 aliphatic rings. The van der Waals surface area contributed by atoms with E-state index < -0.39 is 0 Å². The SMILES string of the molecule is CC(CCN)C(=O)NCC(O)C1CC1. The summed E-state index contributed by atoms with van der Waals surface area (Å²) >= 11 is 0. The predicted molar refractivity (Wildman–Crippen MR) is 54.6 cm³/mol. The number of carbonyl (C=O) groups excluding carboxylic acids is 1. The van der Waals surface area contributed by atoms with Gasteiger partial charge in [0.1, 0.15) is 0 Å². The molecule has 0 aromatic heterocycles.